The molecule has 190 valence electrons. The van der Waals surface area contributed by atoms with Crippen LogP contribution >= 0.6 is 11.6 Å². The number of esters is 1. The van der Waals surface area contributed by atoms with E-state index in [0.717, 1.165) is 29.8 Å². The zero-order chi connectivity index (χ0) is 25.3. The summed E-state index contributed by atoms with van der Waals surface area (Å²) in [7, 11) is 0. The zero-order valence-corrected chi connectivity index (χ0v) is 21.5. The van der Waals surface area contributed by atoms with Gasteiger partial charge in [-0.05, 0) is 56.0 Å². The van der Waals surface area contributed by atoms with E-state index in [9.17, 15) is 9.59 Å². The number of morpholine rings is 1. The Labute approximate surface area is 212 Å². The molecule has 1 N–H and O–H groups in total. The molecule has 0 spiro atoms. The van der Waals surface area contributed by atoms with Crippen molar-refractivity contribution in [2.75, 3.05) is 39.5 Å². The lowest BCUT2D eigenvalue weighted by Gasteiger charge is -2.26. The fraction of sp³-hybridized carbons (Fsp3) is 0.481. The maximum atomic E-state index is 12.6. The molecule has 0 radical (unpaired) electrons. The van der Waals surface area contributed by atoms with Crippen molar-refractivity contribution in [1.82, 2.24) is 10.2 Å². The molecule has 2 aromatic carbocycles. The van der Waals surface area contributed by atoms with Gasteiger partial charge in [0, 0.05) is 30.7 Å². The smallest absolute Gasteiger partial charge is 0.407 e. The maximum Gasteiger partial charge on any atom is 0.407 e. The third kappa shape index (κ3) is 9.88. The first kappa shape index (κ1) is 27.0. The summed E-state index contributed by atoms with van der Waals surface area (Å²) >= 11 is 6.11. The van der Waals surface area contributed by atoms with Crippen LogP contribution in [0.2, 0.25) is 5.02 Å². The molecule has 0 unspecified atom stereocenters. The molecule has 3 rings (SSSR count). The third-order valence-electron chi connectivity index (χ3n) is 5.50. The molecule has 1 aliphatic rings. The van der Waals surface area contributed by atoms with E-state index in [0.29, 0.717) is 37.8 Å². The van der Waals surface area contributed by atoms with Gasteiger partial charge in [-0.25, -0.2) is 4.79 Å². The minimum atomic E-state index is -0.633. The summed E-state index contributed by atoms with van der Waals surface area (Å²) < 4.78 is 16.2. The van der Waals surface area contributed by atoms with Crippen LogP contribution in [0.25, 0.3) is 11.1 Å². The van der Waals surface area contributed by atoms with Crippen LogP contribution in [-0.2, 0) is 25.4 Å². The monoisotopic (exact) mass is 502 g/mol. The molecule has 8 heteroatoms. The van der Waals surface area contributed by atoms with E-state index < -0.39 is 17.7 Å². The number of rotatable bonds is 9. The number of hydrogen-bond acceptors (Lipinski definition) is 6. The third-order valence-corrected chi connectivity index (χ3v) is 5.74. The SMILES string of the molecule is CC(C)(C)OC(=O)N[C@@H](CC(=O)OCCN1CCOCC1)Cc1ccc(-c2cccc(Cl)c2)cc1. The number of alkyl carbamates (subject to hydrolysis) is 1. The summed E-state index contributed by atoms with van der Waals surface area (Å²) in [5, 5.41) is 3.52. The van der Waals surface area contributed by atoms with Crippen molar-refractivity contribution >= 4 is 23.7 Å². The van der Waals surface area contributed by atoms with Crippen molar-refractivity contribution in [3.05, 3.63) is 59.1 Å². The van der Waals surface area contributed by atoms with Crippen LogP contribution in [0.1, 0.15) is 32.8 Å². The number of hydrogen-bond donors (Lipinski definition) is 1. The predicted octanol–water partition coefficient (Wildman–Crippen LogP) is 4.71. The number of nitrogens with one attached hydrogen (secondary N) is 1. The Hall–Kier alpha value is -2.61. The van der Waals surface area contributed by atoms with E-state index in [1.165, 1.54) is 0 Å². The lowest BCUT2D eigenvalue weighted by molar-refractivity contribution is -0.144. The van der Waals surface area contributed by atoms with Crippen LogP contribution < -0.4 is 5.32 Å². The molecule has 0 bridgehead atoms. The second-order valence-corrected chi connectivity index (χ2v) is 10.1. The highest BCUT2D eigenvalue weighted by Gasteiger charge is 2.22. The lowest BCUT2D eigenvalue weighted by atomic mass is 9.99. The minimum Gasteiger partial charge on any atom is -0.464 e. The van der Waals surface area contributed by atoms with Gasteiger partial charge in [-0.3, -0.25) is 9.69 Å². The highest BCUT2D eigenvalue weighted by atomic mass is 35.5. The molecule has 35 heavy (non-hydrogen) atoms. The zero-order valence-electron chi connectivity index (χ0n) is 20.7. The van der Waals surface area contributed by atoms with E-state index in [4.69, 9.17) is 25.8 Å². The fourth-order valence-electron chi connectivity index (χ4n) is 3.81. The molecule has 1 amide bonds. The molecule has 1 saturated heterocycles. The molecule has 0 aliphatic carbocycles. The molecule has 0 saturated carbocycles. The summed E-state index contributed by atoms with van der Waals surface area (Å²) in [6, 6.07) is 15.2. The van der Waals surface area contributed by atoms with Crippen LogP contribution in [0.5, 0.6) is 0 Å². The van der Waals surface area contributed by atoms with Crippen LogP contribution in [0.3, 0.4) is 0 Å². The second kappa shape index (κ2) is 12.9. The molecule has 0 aromatic heterocycles. The summed E-state index contributed by atoms with van der Waals surface area (Å²) in [5.74, 6) is -0.352. The summed E-state index contributed by atoms with van der Waals surface area (Å²) in [4.78, 5) is 27.2. The Morgan fingerprint density at radius 3 is 2.46 bits per heavy atom. The van der Waals surface area contributed by atoms with Crippen molar-refractivity contribution in [3.8, 4) is 11.1 Å². The Morgan fingerprint density at radius 1 is 1.09 bits per heavy atom. The van der Waals surface area contributed by atoms with Gasteiger partial charge in [-0.15, -0.1) is 0 Å². The summed E-state index contributed by atoms with van der Waals surface area (Å²) in [6.07, 6.45) is -0.0365. The Kier molecular flexibility index (Phi) is 9.95. The topological polar surface area (TPSA) is 77.1 Å². The number of ether oxygens (including phenoxy) is 3. The molecule has 1 aliphatic heterocycles. The average Bonchev–Trinajstić information content (AvgIpc) is 2.79. The quantitative estimate of drug-likeness (QED) is 0.500. The van der Waals surface area contributed by atoms with Crippen molar-refractivity contribution in [2.24, 2.45) is 0 Å². The Bertz CT molecular complexity index is 968. The van der Waals surface area contributed by atoms with E-state index in [1.54, 1.807) is 20.8 Å². The van der Waals surface area contributed by atoms with E-state index in [-0.39, 0.29) is 12.4 Å². The van der Waals surface area contributed by atoms with Gasteiger partial charge in [0.15, 0.2) is 0 Å². The molecule has 1 fully saturated rings. The first-order chi connectivity index (χ1) is 16.7. The number of amides is 1. The first-order valence-corrected chi connectivity index (χ1v) is 12.4. The Balaban J connectivity index is 1.59. The molecule has 2 aromatic rings. The van der Waals surface area contributed by atoms with Gasteiger partial charge in [0.05, 0.1) is 19.6 Å². The average molecular weight is 503 g/mol. The van der Waals surface area contributed by atoms with Crippen LogP contribution in [0, 0.1) is 0 Å². The summed E-state index contributed by atoms with van der Waals surface area (Å²) in [6.45, 7) is 9.47. The van der Waals surface area contributed by atoms with Gasteiger partial charge in [0.2, 0.25) is 0 Å². The van der Waals surface area contributed by atoms with Crippen molar-refractivity contribution in [3.63, 3.8) is 0 Å². The van der Waals surface area contributed by atoms with Gasteiger partial charge < -0.3 is 19.5 Å². The van der Waals surface area contributed by atoms with Gasteiger partial charge in [0.1, 0.15) is 12.2 Å². The van der Waals surface area contributed by atoms with Gasteiger partial charge >= 0.3 is 12.1 Å². The van der Waals surface area contributed by atoms with Crippen LogP contribution in [0.4, 0.5) is 4.79 Å². The van der Waals surface area contributed by atoms with Crippen molar-refractivity contribution in [2.45, 2.75) is 45.3 Å². The number of nitrogens with zero attached hydrogens (tertiary/aromatic N) is 1. The van der Waals surface area contributed by atoms with Gasteiger partial charge in [0.25, 0.3) is 0 Å². The molecule has 7 nitrogen and oxygen atoms in total. The lowest BCUT2D eigenvalue weighted by Crippen LogP contribution is -2.42. The van der Waals surface area contributed by atoms with Crippen molar-refractivity contribution < 1.29 is 23.8 Å². The van der Waals surface area contributed by atoms with Crippen LogP contribution in [0.15, 0.2) is 48.5 Å². The minimum absolute atomic E-state index is 0.0540. The molecule has 1 atom stereocenters. The summed E-state index contributed by atoms with van der Waals surface area (Å²) in [5.41, 5.74) is 2.41. The van der Waals surface area contributed by atoms with Gasteiger partial charge in [-0.1, -0.05) is 48.0 Å². The number of halogens is 1. The number of carbonyl (C=O) groups excluding carboxylic acids is 2. The van der Waals surface area contributed by atoms with E-state index in [2.05, 4.69) is 10.2 Å². The molecular weight excluding hydrogens is 468 g/mol. The van der Waals surface area contributed by atoms with Crippen molar-refractivity contribution in [1.29, 1.82) is 0 Å². The Morgan fingerprint density at radius 2 is 1.80 bits per heavy atom. The van der Waals surface area contributed by atoms with Gasteiger partial charge in [-0.2, -0.15) is 0 Å². The normalized spacial score (nSPS) is 15.3. The first-order valence-electron chi connectivity index (χ1n) is 12.0. The molecular formula is C27H35ClN2O5. The highest BCUT2D eigenvalue weighted by molar-refractivity contribution is 6.30. The molecule has 1 heterocycles. The standard InChI is InChI=1S/C27H35ClN2O5/c1-27(2,3)35-26(32)29-24(19-25(31)34-16-13-30-11-14-33-15-12-30)17-20-7-9-21(10-8-20)22-5-4-6-23(28)18-22/h4-10,18,24H,11-17,19H2,1-3H3,(H,29,32)/t24-/m1/s1. The predicted molar refractivity (Wildman–Crippen MR) is 137 cm³/mol. The largest absolute Gasteiger partial charge is 0.464 e. The highest BCUT2D eigenvalue weighted by Crippen LogP contribution is 2.23. The number of carbonyl (C=O) groups is 2. The van der Waals surface area contributed by atoms with Crippen LogP contribution in [-0.4, -0.2) is 68.1 Å². The fourth-order valence-corrected chi connectivity index (χ4v) is 4.00. The van der Waals surface area contributed by atoms with E-state index >= 15 is 0 Å². The second-order valence-electron chi connectivity index (χ2n) is 9.63. The number of benzene rings is 2. The maximum absolute atomic E-state index is 12.6. The van der Waals surface area contributed by atoms with E-state index in [1.807, 2.05) is 48.5 Å².